The standard InChI is InChI=1S/C18H17NO4/c1-13-5-4-6-14(11-13)12-22-17(20)9-10-19-15-7-2-3-8-16(15)23-18(19)21/h2-8,11H,9-10,12H2,1H3. The summed E-state index contributed by atoms with van der Waals surface area (Å²) in [6.07, 6.45) is 0.120. The predicted octanol–water partition coefficient (Wildman–Crippen LogP) is 3.04. The van der Waals surface area contributed by atoms with Gasteiger partial charge in [-0.15, -0.1) is 0 Å². The van der Waals surface area contributed by atoms with Gasteiger partial charge in [0, 0.05) is 6.54 Å². The molecule has 0 spiro atoms. The Morgan fingerprint density at radius 2 is 2.00 bits per heavy atom. The van der Waals surface area contributed by atoms with E-state index in [1.165, 1.54) is 4.57 Å². The highest BCUT2D eigenvalue weighted by Crippen LogP contribution is 2.12. The number of carbonyl (C=O) groups is 1. The molecule has 2 aromatic carbocycles. The van der Waals surface area contributed by atoms with E-state index in [0.29, 0.717) is 11.1 Å². The zero-order valence-corrected chi connectivity index (χ0v) is 12.8. The van der Waals surface area contributed by atoms with Crippen LogP contribution in [0, 0.1) is 6.92 Å². The molecule has 3 aromatic rings. The van der Waals surface area contributed by atoms with E-state index < -0.39 is 5.76 Å². The van der Waals surface area contributed by atoms with Crippen molar-refractivity contribution in [2.75, 3.05) is 0 Å². The highest BCUT2D eigenvalue weighted by molar-refractivity contribution is 5.73. The second kappa shape index (κ2) is 6.52. The Hall–Kier alpha value is -2.82. The topological polar surface area (TPSA) is 61.4 Å². The number of carbonyl (C=O) groups excluding carboxylic acids is 1. The third kappa shape index (κ3) is 3.51. The van der Waals surface area contributed by atoms with Gasteiger partial charge in [0.05, 0.1) is 11.9 Å². The summed E-state index contributed by atoms with van der Waals surface area (Å²) >= 11 is 0. The molecule has 0 bridgehead atoms. The Balaban J connectivity index is 1.60. The maximum absolute atomic E-state index is 11.9. The minimum atomic E-state index is -0.460. The van der Waals surface area contributed by atoms with Crippen LogP contribution in [-0.4, -0.2) is 10.5 Å². The van der Waals surface area contributed by atoms with Gasteiger partial charge in [0.1, 0.15) is 6.61 Å². The number of para-hydroxylation sites is 2. The minimum absolute atomic E-state index is 0.120. The third-order valence-electron chi connectivity index (χ3n) is 3.60. The van der Waals surface area contributed by atoms with Crippen molar-refractivity contribution in [3.8, 4) is 0 Å². The van der Waals surface area contributed by atoms with Gasteiger partial charge in [0.2, 0.25) is 0 Å². The molecule has 0 fully saturated rings. The number of oxazole rings is 1. The quantitative estimate of drug-likeness (QED) is 0.680. The van der Waals surface area contributed by atoms with Gasteiger partial charge in [-0.2, -0.15) is 0 Å². The maximum Gasteiger partial charge on any atom is 0.419 e. The van der Waals surface area contributed by atoms with E-state index >= 15 is 0 Å². The summed E-state index contributed by atoms with van der Waals surface area (Å²) in [5.74, 6) is -0.804. The Bertz CT molecular complexity index is 891. The molecule has 0 aliphatic carbocycles. The number of aryl methyl sites for hydroxylation is 2. The van der Waals surface area contributed by atoms with E-state index in [0.717, 1.165) is 11.1 Å². The van der Waals surface area contributed by atoms with Gasteiger partial charge in [-0.05, 0) is 24.6 Å². The molecule has 0 amide bonds. The van der Waals surface area contributed by atoms with Gasteiger partial charge in [-0.1, -0.05) is 42.0 Å². The first kappa shape index (κ1) is 15.1. The van der Waals surface area contributed by atoms with E-state index in [2.05, 4.69) is 0 Å². The van der Waals surface area contributed by atoms with Gasteiger partial charge in [-0.3, -0.25) is 9.36 Å². The predicted molar refractivity (Wildman–Crippen MR) is 86.1 cm³/mol. The van der Waals surface area contributed by atoms with Crippen molar-refractivity contribution in [2.45, 2.75) is 26.5 Å². The summed E-state index contributed by atoms with van der Waals surface area (Å²) in [4.78, 5) is 23.7. The van der Waals surface area contributed by atoms with Crippen LogP contribution >= 0.6 is 0 Å². The number of rotatable bonds is 5. The molecule has 0 unspecified atom stereocenters. The van der Waals surface area contributed by atoms with Crippen molar-refractivity contribution >= 4 is 17.1 Å². The third-order valence-corrected chi connectivity index (χ3v) is 3.60. The molecule has 3 rings (SSSR count). The van der Waals surface area contributed by atoms with E-state index in [9.17, 15) is 9.59 Å². The summed E-state index contributed by atoms with van der Waals surface area (Å²) in [5.41, 5.74) is 3.27. The molecule has 0 saturated heterocycles. The molecule has 0 saturated carbocycles. The van der Waals surface area contributed by atoms with Gasteiger partial charge in [0.15, 0.2) is 5.58 Å². The van der Waals surface area contributed by atoms with Gasteiger partial charge >= 0.3 is 11.7 Å². The van der Waals surface area contributed by atoms with Crippen molar-refractivity contribution in [3.63, 3.8) is 0 Å². The van der Waals surface area contributed by atoms with E-state index in [4.69, 9.17) is 9.15 Å². The highest BCUT2D eigenvalue weighted by atomic mass is 16.5. The van der Waals surface area contributed by atoms with Crippen LogP contribution < -0.4 is 5.76 Å². The number of aromatic nitrogens is 1. The lowest BCUT2D eigenvalue weighted by atomic mass is 10.1. The monoisotopic (exact) mass is 311 g/mol. The number of esters is 1. The van der Waals surface area contributed by atoms with Crippen molar-refractivity contribution in [1.29, 1.82) is 0 Å². The fourth-order valence-corrected chi connectivity index (χ4v) is 2.47. The molecule has 0 radical (unpaired) electrons. The first-order valence-electron chi connectivity index (χ1n) is 7.43. The number of hydrogen-bond acceptors (Lipinski definition) is 4. The number of benzene rings is 2. The average Bonchev–Trinajstić information content (AvgIpc) is 2.86. The van der Waals surface area contributed by atoms with Crippen molar-refractivity contribution in [2.24, 2.45) is 0 Å². The summed E-state index contributed by atoms with van der Waals surface area (Å²) in [6.45, 7) is 2.46. The second-order valence-corrected chi connectivity index (χ2v) is 5.39. The average molecular weight is 311 g/mol. The van der Waals surface area contributed by atoms with Crippen molar-refractivity contribution < 1.29 is 13.9 Å². The molecule has 0 aliphatic rings. The fraction of sp³-hybridized carbons (Fsp3) is 0.222. The molecule has 1 heterocycles. The van der Waals surface area contributed by atoms with Crippen LogP contribution in [0.1, 0.15) is 17.5 Å². The van der Waals surface area contributed by atoms with Crippen LogP contribution in [0.2, 0.25) is 0 Å². The number of hydrogen-bond donors (Lipinski definition) is 0. The lowest BCUT2D eigenvalue weighted by Crippen LogP contribution is -2.17. The van der Waals surface area contributed by atoms with E-state index in [-0.39, 0.29) is 25.5 Å². The molecular formula is C18H17NO4. The molecule has 0 aliphatic heterocycles. The van der Waals surface area contributed by atoms with Crippen LogP contribution in [0.5, 0.6) is 0 Å². The van der Waals surface area contributed by atoms with Crippen molar-refractivity contribution in [3.05, 3.63) is 70.2 Å². The summed E-state index contributed by atoms with van der Waals surface area (Å²) in [7, 11) is 0. The first-order chi connectivity index (χ1) is 11.1. The molecule has 23 heavy (non-hydrogen) atoms. The highest BCUT2D eigenvalue weighted by Gasteiger charge is 2.11. The van der Waals surface area contributed by atoms with Gasteiger partial charge in [0.25, 0.3) is 0 Å². The number of fused-ring (bicyclic) bond motifs is 1. The Morgan fingerprint density at radius 3 is 2.83 bits per heavy atom. The second-order valence-electron chi connectivity index (χ2n) is 5.39. The molecular weight excluding hydrogens is 294 g/mol. The SMILES string of the molecule is Cc1cccc(COC(=O)CCn2c(=O)oc3ccccc32)c1. The Labute approximate surface area is 133 Å². The Morgan fingerprint density at radius 1 is 1.17 bits per heavy atom. The summed E-state index contributed by atoms with van der Waals surface area (Å²) in [5, 5.41) is 0. The molecule has 5 nitrogen and oxygen atoms in total. The zero-order valence-electron chi connectivity index (χ0n) is 12.8. The van der Waals surface area contributed by atoms with Gasteiger partial charge < -0.3 is 9.15 Å². The maximum atomic E-state index is 11.9. The molecule has 0 N–H and O–H groups in total. The van der Waals surface area contributed by atoms with Crippen LogP contribution in [0.4, 0.5) is 0 Å². The first-order valence-corrected chi connectivity index (χ1v) is 7.43. The lowest BCUT2D eigenvalue weighted by molar-refractivity contribution is -0.145. The van der Waals surface area contributed by atoms with E-state index in [1.54, 1.807) is 18.2 Å². The summed E-state index contributed by atoms with van der Waals surface area (Å²) < 4.78 is 11.8. The van der Waals surface area contributed by atoms with Crippen LogP contribution in [0.15, 0.2) is 57.7 Å². The lowest BCUT2D eigenvalue weighted by Gasteiger charge is -2.06. The van der Waals surface area contributed by atoms with Gasteiger partial charge in [-0.25, -0.2) is 4.79 Å². The number of nitrogens with zero attached hydrogens (tertiary/aromatic N) is 1. The van der Waals surface area contributed by atoms with Crippen LogP contribution in [0.3, 0.4) is 0 Å². The minimum Gasteiger partial charge on any atom is -0.461 e. The Kier molecular flexibility index (Phi) is 4.28. The fourth-order valence-electron chi connectivity index (χ4n) is 2.47. The molecule has 5 heteroatoms. The van der Waals surface area contributed by atoms with Crippen molar-refractivity contribution in [1.82, 2.24) is 4.57 Å². The van der Waals surface area contributed by atoms with Crippen LogP contribution in [-0.2, 0) is 22.7 Å². The molecule has 1 aromatic heterocycles. The number of ether oxygens (including phenoxy) is 1. The van der Waals surface area contributed by atoms with E-state index in [1.807, 2.05) is 37.3 Å². The molecule has 0 atom stereocenters. The largest absolute Gasteiger partial charge is 0.461 e. The molecule has 118 valence electrons. The van der Waals surface area contributed by atoms with Crippen LogP contribution in [0.25, 0.3) is 11.1 Å². The summed E-state index contributed by atoms with van der Waals surface area (Å²) in [6, 6.07) is 14.9. The zero-order chi connectivity index (χ0) is 16.2. The smallest absolute Gasteiger partial charge is 0.419 e. The normalized spacial score (nSPS) is 10.8.